The SMILES string of the molecule is CC(c1ccccc1)N1C[C@@H](C)CC[C@@H]1C.CC(c1ccccc1)N1C[C@@H](C)NC[C@@H]1C.COc1cc2[nH]cc(C(=O)C(=O)N(C)C)c2cc1C(=O)N1C[C@H](C)N(C(C)c2ccccc2)C[C@H]1C.COc1cc2[nH]ccc2cc1C(=O)N1C[C@H](C)N(C(C)c2ccccc2)C[C@H]1C.C[C@H]1CC[C@H](C)NC1. The normalized spacial score (nSPS) is 24.3. The minimum Gasteiger partial charge on any atom is -0.496 e. The molecule has 5 aliphatic rings. The van der Waals surface area contributed by atoms with Crippen molar-refractivity contribution in [2.45, 2.75) is 195 Å². The maximum absolute atomic E-state index is 13.8. The highest BCUT2D eigenvalue weighted by Crippen LogP contribution is 2.36. The molecule has 17 nitrogen and oxygen atoms in total. The average Bonchev–Trinajstić information content (AvgIpc) is 1.74. The Morgan fingerprint density at radius 1 is 0.419 bits per heavy atom. The summed E-state index contributed by atoms with van der Waals surface area (Å²) >= 11 is 0. The number of carbonyl (C=O) groups excluding carboxylic acids is 4. The number of aromatic amines is 2. The van der Waals surface area contributed by atoms with Gasteiger partial charge in [-0.15, -0.1) is 0 Å². The van der Waals surface area contributed by atoms with E-state index in [0.717, 1.165) is 61.0 Å². The lowest BCUT2D eigenvalue weighted by molar-refractivity contribution is -0.124. The van der Waals surface area contributed by atoms with Gasteiger partial charge in [0.1, 0.15) is 11.5 Å². The van der Waals surface area contributed by atoms with E-state index in [1.165, 1.54) is 93.3 Å². The molecule has 2 aromatic heterocycles. The van der Waals surface area contributed by atoms with Crippen LogP contribution in [0.5, 0.6) is 11.5 Å². The number of piperidine rings is 2. The van der Waals surface area contributed by atoms with Gasteiger partial charge in [-0.2, -0.15) is 0 Å². The van der Waals surface area contributed by atoms with Gasteiger partial charge in [0.25, 0.3) is 23.5 Å². The fraction of sp³-hybridized carbons (Fsp3) is 0.500. The number of aromatic nitrogens is 2. The van der Waals surface area contributed by atoms with Crippen molar-refractivity contribution in [3.8, 4) is 11.5 Å². The van der Waals surface area contributed by atoms with Gasteiger partial charge in [0, 0.05) is 179 Å². The van der Waals surface area contributed by atoms with Crippen LogP contribution in [0.1, 0.15) is 200 Å². The maximum atomic E-state index is 13.8. The zero-order valence-electron chi connectivity index (χ0n) is 66.2. The van der Waals surface area contributed by atoms with Gasteiger partial charge >= 0.3 is 0 Å². The highest BCUT2D eigenvalue weighted by atomic mass is 16.5. The number of hydrogen-bond acceptors (Lipinski definition) is 12. The zero-order valence-corrected chi connectivity index (χ0v) is 66.2. The van der Waals surface area contributed by atoms with Crippen LogP contribution in [0.3, 0.4) is 0 Å². The second-order valence-electron chi connectivity index (χ2n) is 31.1. The van der Waals surface area contributed by atoms with Crippen LogP contribution in [0.2, 0.25) is 0 Å². The van der Waals surface area contributed by atoms with Crippen molar-refractivity contribution in [2.24, 2.45) is 11.8 Å². The number of benzene rings is 6. The minimum atomic E-state index is -0.625. The number of methoxy groups -OCH3 is 2. The largest absolute Gasteiger partial charge is 0.496 e. The number of carbonyl (C=O) groups is 4. The Kier molecular flexibility index (Phi) is 29.2. The Morgan fingerprint density at radius 2 is 0.848 bits per heavy atom. The number of H-pyrrole nitrogens is 2. The Morgan fingerprint density at radius 3 is 1.29 bits per heavy atom. The molecule has 566 valence electrons. The molecule has 5 saturated heterocycles. The van der Waals surface area contributed by atoms with E-state index in [1.807, 2.05) is 58.5 Å². The van der Waals surface area contributed by atoms with E-state index in [9.17, 15) is 19.2 Å². The Bertz CT molecular complexity index is 3950. The van der Waals surface area contributed by atoms with Gasteiger partial charge in [-0.25, -0.2) is 0 Å². The van der Waals surface area contributed by atoms with Crippen molar-refractivity contribution in [3.63, 3.8) is 0 Å². The van der Waals surface area contributed by atoms with Crippen LogP contribution in [-0.4, -0.2) is 197 Å². The summed E-state index contributed by atoms with van der Waals surface area (Å²) in [5.41, 5.74) is 8.27. The molecule has 5 fully saturated rings. The number of amides is 3. The molecule has 3 amide bonds. The van der Waals surface area contributed by atoms with Crippen molar-refractivity contribution in [1.82, 2.24) is 54.9 Å². The van der Waals surface area contributed by atoms with Crippen LogP contribution in [0.25, 0.3) is 21.8 Å². The summed E-state index contributed by atoms with van der Waals surface area (Å²) in [6.07, 6.45) is 8.90. The van der Waals surface area contributed by atoms with Crippen LogP contribution in [0, 0.1) is 11.8 Å². The predicted molar refractivity (Wildman–Crippen MR) is 430 cm³/mol. The third kappa shape index (κ3) is 20.5. The molecule has 0 saturated carbocycles. The number of Topliss-reactive ketones (excluding diaryl/α,β-unsaturated/α-hetero) is 1. The van der Waals surface area contributed by atoms with Crippen molar-refractivity contribution in [1.29, 1.82) is 0 Å². The summed E-state index contributed by atoms with van der Waals surface area (Å²) in [5.74, 6) is 1.44. The van der Waals surface area contributed by atoms with E-state index < -0.39 is 11.7 Å². The van der Waals surface area contributed by atoms with Gasteiger partial charge in [0.05, 0.1) is 30.9 Å². The zero-order chi connectivity index (χ0) is 75.8. The van der Waals surface area contributed by atoms with E-state index in [0.29, 0.717) is 76.8 Å². The lowest BCUT2D eigenvalue weighted by atomic mass is 9.92. The van der Waals surface area contributed by atoms with Gasteiger partial charge in [-0.1, -0.05) is 135 Å². The lowest BCUT2D eigenvalue weighted by Gasteiger charge is -2.46. The van der Waals surface area contributed by atoms with E-state index in [2.05, 4.69) is 234 Å². The molecule has 0 bridgehead atoms. The fourth-order valence-electron chi connectivity index (χ4n) is 16.0. The molecule has 5 aliphatic heterocycles. The van der Waals surface area contributed by atoms with E-state index in [-0.39, 0.29) is 47.6 Å². The molecule has 4 N–H and O–H groups in total. The number of hydrogen-bond donors (Lipinski definition) is 4. The molecular formula is C88H123N11O6. The molecule has 0 radical (unpaired) electrons. The summed E-state index contributed by atoms with van der Waals surface area (Å²) in [6, 6.07) is 56.7. The molecule has 8 aromatic rings. The van der Waals surface area contributed by atoms with Crippen LogP contribution in [0.15, 0.2) is 164 Å². The Hall–Kier alpha value is -8.16. The number of likely N-dealkylation sites (N-methyl/N-ethyl adjacent to an activating group) is 1. The van der Waals surface area contributed by atoms with Gasteiger partial charge in [-0.3, -0.25) is 38.8 Å². The number of piperazine rings is 3. The molecule has 13 rings (SSSR count). The molecular weight excluding hydrogens is 1310 g/mol. The first-order valence-electron chi connectivity index (χ1n) is 38.7. The van der Waals surface area contributed by atoms with Gasteiger partial charge in [0.2, 0.25) is 0 Å². The molecule has 4 unspecified atom stereocenters. The van der Waals surface area contributed by atoms with E-state index >= 15 is 0 Å². The number of ether oxygens (including phenoxy) is 2. The minimum absolute atomic E-state index is 0.0251. The average molecular weight is 1430 g/mol. The third-order valence-electron chi connectivity index (χ3n) is 22.8. The molecule has 0 spiro atoms. The summed E-state index contributed by atoms with van der Waals surface area (Å²) in [4.78, 5) is 73.9. The first-order valence-corrected chi connectivity index (χ1v) is 38.7. The number of rotatable bonds is 14. The highest BCUT2D eigenvalue weighted by Gasteiger charge is 2.39. The third-order valence-corrected chi connectivity index (χ3v) is 22.8. The summed E-state index contributed by atoms with van der Waals surface area (Å²) in [7, 11) is 6.21. The van der Waals surface area contributed by atoms with Crippen molar-refractivity contribution in [3.05, 3.63) is 203 Å². The number of likely N-dealkylation sites (tertiary alicyclic amines) is 1. The summed E-state index contributed by atoms with van der Waals surface area (Å²) < 4.78 is 11.1. The van der Waals surface area contributed by atoms with Gasteiger partial charge < -0.3 is 44.8 Å². The topological polar surface area (TPSA) is 165 Å². The molecule has 17 heteroatoms. The molecule has 14 atom stereocenters. The lowest BCUT2D eigenvalue weighted by Crippen LogP contribution is -2.58. The van der Waals surface area contributed by atoms with Crippen LogP contribution in [0.4, 0.5) is 0 Å². The molecule has 105 heavy (non-hydrogen) atoms. The van der Waals surface area contributed by atoms with Gasteiger partial charge in [0.15, 0.2) is 0 Å². The maximum Gasteiger partial charge on any atom is 0.294 e. The number of fused-ring (bicyclic) bond motifs is 2. The van der Waals surface area contributed by atoms with Crippen molar-refractivity contribution < 1.29 is 28.7 Å². The molecule has 7 heterocycles. The van der Waals surface area contributed by atoms with Crippen LogP contribution in [-0.2, 0) is 4.79 Å². The van der Waals surface area contributed by atoms with Gasteiger partial charge in [-0.05, 0) is 168 Å². The number of nitrogens with one attached hydrogen (secondary N) is 4. The standard InChI is InChI=1S/C28H34N4O4.C24H29N3O2.C15H23N.C14H22N2.C7H15N/c1-17-16-32(18(2)15-31(17)19(3)20-10-8-7-9-11-20)27(34)22-12-21-23(26(33)28(35)30(4)5)14-29-24(21)13-25(22)36-6;1-16-15-27(17(2)14-26(16)18(3)19-8-6-5-7-9-19)24(28)21-12-20-10-11-25-22(20)13-23(21)29-4;1-12-9-10-13(2)16(11-12)14(3)15-7-5-4-6-8-15;1-11-10-16(12(2)9-15-11)13(3)14-7-5-4-6-8-14;1-6-3-4-7(2)8-5-6/h7-14,17-19,29H,15-16H2,1-6H3;5-13,16-18,25H,14-15H2,1-4H3;4-8,12-14H,9-11H2,1-3H3;4-8,11-13,15H,9-10H2,1-3H3;6-8H,3-5H2,1-2H3/t17-,18+,19?;16-,17+,18?;12-,13-,14?;11-,12+,13?;6-,7-/m00010/s1. The first-order chi connectivity index (χ1) is 50.3. The summed E-state index contributed by atoms with van der Waals surface area (Å²) in [5, 5.41) is 8.50. The van der Waals surface area contributed by atoms with E-state index in [4.69, 9.17) is 9.47 Å². The monoisotopic (exact) mass is 1430 g/mol. The van der Waals surface area contributed by atoms with E-state index in [1.54, 1.807) is 19.2 Å². The number of ketones is 1. The summed E-state index contributed by atoms with van der Waals surface area (Å²) in [6.45, 7) is 39.0. The van der Waals surface area contributed by atoms with Crippen molar-refractivity contribution in [2.75, 3.05) is 80.7 Å². The molecule has 0 aliphatic carbocycles. The second-order valence-corrected chi connectivity index (χ2v) is 31.1. The quantitative estimate of drug-likeness (QED) is 0.0602. The number of nitrogens with zero attached hydrogens (tertiary/aromatic N) is 7. The Labute approximate surface area is 627 Å². The molecule has 6 aromatic carbocycles. The highest BCUT2D eigenvalue weighted by molar-refractivity contribution is 6.44. The second kappa shape index (κ2) is 37.9. The van der Waals surface area contributed by atoms with Crippen LogP contribution >= 0.6 is 0 Å². The Balaban J connectivity index is 0.000000164. The van der Waals surface area contributed by atoms with Crippen LogP contribution < -0.4 is 20.1 Å². The predicted octanol–water partition coefficient (Wildman–Crippen LogP) is 15.9. The first kappa shape index (κ1) is 80.9. The fourth-order valence-corrected chi connectivity index (χ4v) is 16.0. The smallest absolute Gasteiger partial charge is 0.294 e. The van der Waals surface area contributed by atoms with Crippen molar-refractivity contribution >= 4 is 45.3 Å².